The van der Waals surface area contributed by atoms with Gasteiger partial charge >= 0.3 is 12.2 Å². The first kappa shape index (κ1) is 19.5. The van der Waals surface area contributed by atoms with Gasteiger partial charge in [0.15, 0.2) is 6.61 Å². The molecule has 1 heterocycles. The Bertz CT molecular complexity index is 753. The third kappa shape index (κ3) is 6.58. The summed E-state index contributed by atoms with van der Waals surface area (Å²) in [7, 11) is 1.55. The zero-order valence-corrected chi connectivity index (χ0v) is 13.9. The molecule has 0 saturated carbocycles. The molecule has 2 rings (SSSR count). The van der Waals surface area contributed by atoms with E-state index in [1.54, 1.807) is 25.2 Å². The van der Waals surface area contributed by atoms with Crippen LogP contribution in [0.3, 0.4) is 0 Å². The molecule has 26 heavy (non-hydrogen) atoms. The second-order valence-electron chi connectivity index (χ2n) is 5.55. The highest BCUT2D eigenvalue weighted by Gasteiger charge is 2.28. The number of rotatable bonds is 6. The van der Waals surface area contributed by atoms with E-state index in [0.29, 0.717) is 11.1 Å². The summed E-state index contributed by atoms with van der Waals surface area (Å²) in [6, 6.07) is 8.34. The van der Waals surface area contributed by atoms with Crippen LogP contribution in [0.5, 0.6) is 5.88 Å². The molecule has 0 fully saturated rings. The molecular formula is C17H17F4N3O2. The van der Waals surface area contributed by atoms with Crippen LogP contribution < -0.4 is 10.1 Å². The van der Waals surface area contributed by atoms with Crippen LogP contribution in [0.25, 0.3) is 0 Å². The standard InChI is InChI=1S/C17H17F4N3O2/c1-24(10-13-3-2-4-14(18)7-13)16(25)23-9-12-5-6-22-15(8-12)26-11-17(19,20)21/h2-8H,9-11H2,1H3,(H,23,25). The average Bonchev–Trinajstić information content (AvgIpc) is 2.57. The monoisotopic (exact) mass is 371 g/mol. The van der Waals surface area contributed by atoms with Crippen LogP contribution >= 0.6 is 0 Å². The van der Waals surface area contributed by atoms with Gasteiger partial charge in [-0.3, -0.25) is 0 Å². The highest BCUT2D eigenvalue weighted by Crippen LogP contribution is 2.17. The summed E-state index contributed by atoms with van der Waals surface area (Å²) < 4.78 is 54.2. The van der Waals surface area contributed by atoms with E-state index in [1.165, 1.54) is 29.3 Å². The third-order valence-electron chi connectivity index (χ3n) is 3.28. The lowest BCUT2D eigenvalue weighted by Crippen LogP contribution is -2.36. The van der Waals surface area contributed by atoms with Crippen molar-refractivity contribution in [3.63, 3.8) is 0 Å². The van der Waals surface area contributed by atoms with E-state index in [0.717, 1.165) is 0 Å². The summed E-state index contributed by atoms with van der Waals surface area (Å²) in [5, 5.41) is 2.62. The molecule has 0 radical (unpaired) electrons. The van der Waals surface area contributed by atoms with Gasteiger partial charge in [-0.2, -0.15) is 13.2 Å². The van der Waals surface area contributed by atoms with E-state index in [1.807, 2.05) is 0 Å². The van der Waals surface area contributed by atoms with Crippen LogP contribution in [0.4, 0.5) is 22.4 Å². The zero-order valence-electron chi connectivity index (χ0n) is 13.9. The molecule has 0 aliphatic heterocycles. The molecule has 0 unspecified atom stereocenters. The second-order valence-corrected chi connectivity index (χ2v) is 5.55. The molecule has 0 aliphatic rings. The van der Waals surface area contributed by atoms with Crippen molar-refractivity contribution in [2.75, 3.05) is 13.7 Å². The summed E-state index contributed by atoms with van der Waals surface area (Å²) in [6.45, 7) is -1.15. The first-order valence-corrected chi connectivity index (χ1v) is 7.61. The Morgan fingerprint density at radius 3 is 2.69 bits per heavy atom. The number of nitrogens with zero attached hydrogens (tertiary/aromatic N) is 2. The molecule has 0 aliphatic carbocycles. The van der Waals surface area contributed by atoms with Crippen molar-refractivity contribution < 1.29 is 27.1 Å². The van der Waals surface area contributed by atoms with Crippen LogP contribution in [0.2, 0.25) is 0 Å². The van der Waals surface area contributed by atoms with E-state index >= 15 is 0 Å². The smallest absolute Gasteiger partial charge is 0.422 e. The van der Waals surface area contributed by atoms with Crippen molar-refractivity contribution in [1.29, 1.82) is 0 Å². The Morgan fingerprint density at radius 1 is 1.23 bits per heavy atom. The lowest BCUT2D eigenvalue weighted by atomic mass is 10.2. The van der Waals surface area contributed by atoms with Gasteiger partial charge in [-0.05, 0) is 29.3 Å². The molecule has 0 bridgehead atoms. The molecule has 2 aromatic rings. The van der Waals surface area contributed by atoms with Crippen molar-refractivity contribution in [2.45, 2.75) is 19.3 Å². The first-order chi connectivity index (χ1) is 12.2. The number of nitrogens with one attached hydrogen (secondary N) is 1. The molecular weight excluding hydrogens is 354 g/mol. The van der Waals surface area contributed by atoms with E-state index in [2.05, 4.69) is 15.0 Å². The van der Waals surface area contributed by atoms with Gasteiger partial charge in [-0.15, -0.1) is 0 Å². The predicted molar refractivity (Wildman–Crippen MR) is 85.9 cm³/mol. The van der Waals surface area contributed by atoms with Crippen molar-refractivity contribution >= 4 is 6.03 Å². The number of aromatic nitrogens is 1. The summed E-state index contributed by atoms with van der Waals surface area (Å²) in [5.74, 6) is -0.568. The molecule has 1 N–H and O–H groups in total. The maximum atomic E-state index is 13.2. The van der Waals surface area contributed by atoms with Crippen LogP contribution in [0, 0.1) is 5.82 Å². The summed E-state index contributed by atoms with van der Waals surface area (Å²) >= 11 is 0. The minimum Gasteiger partial charge on any atom is -0.468 e. The number of urea groups is 1. The fraction of sp³-hybridized carbons (Fsp3) is 0.294. The van der Waals surface area contributed by atoms with E-state index in [-0.39, 0.29) is 24.8 Å². The Morgan fingerprint density at radius 2 is 2.00 bits per heavy atom. The third-order valence-corrected chi connectivity index (χ3v) is 3.28. The average molecular weight is 371 g/mol. The SMILES string of the molecule is CN(Cc1cccc(F)c1)C(=O)NCc1ccnc(OCC(F)(F)F)c1. The van der Waals surface area contributed by atoms with Crippen molar-refractivity contribution in [2.24, 2.45) is 0 Å². The van der Waals surface area contributed by atoms with E-state index in [4.69, 9.17) is 0 Å². The van der Waals surface area contributed by atoms with E-state index < -0.39 is 18.8 Å². The second kappa shape index (κ2) is 8.50. The van der Waals surface area contributed by atoms with Crippen LogP contribution in [0.1, 0.15) is 11.1 Å². The number of carbonyl (C=O) groups excluding carboxylic acids is 1. The van der Waals surface area contributed by atoms with Crippen molar-refractivity contribution in [3.05, 3.63) is 59.5 Å². The van der Waals surface area contributed by atoms with Crippen LogP contribution in [0.15, 0.2) is 42.6 Å². The molecule has 1 aromatic heterocycles. The lowest BCUT2D eigenvalue weighted by molar-refractivity contribution is -0.154. The fourth-order valence-corrected chi connectivity index (χ4v) is 2.09. The number of carbonyl (C=O) groups is 1. The number of halogens is 4. The highest BCUT2D eigenvalue weighted by atomic mass is 19.4. The van der Waals surface area contributed by atoms with Gasteiger partial charge in [0.2, 0.25) is 5.88 Å². The number of ether oxygens (including phenoxy) is 1. The van der Waals surface area contributed by atoms with Gasteiger partial charge < -0.3 is 15.0 Å². The first-order valence-electron chi connectivity index (χ1n) is 7.61. The van der Waals surface area contributed by atoms with Gasteiger partial charge in [0.05, 0.1) is 0 Å². The predicted octanol–water partition coefficient (Wildman–Crippen LogP) is 3.50. The molecule has 1 aromatic carbocycles. The number of hydrogen-bond acceptors (Lipinski definition) is 3. The number of amides is 2. The molecule has 140 valence electrons. The molecule has 9 heteroatoms. The van der Waals surface area contributed by atoms with Gasteiger partial charge in [0, 0.05) is 32.4 Å². The Balaban J connectivity index is 1.86. The maximum Gasteiger partial charge on any atom is 0.422 e. The minimum atomic E-state index is -4.45. The van der Waals surface area contributed by atoms with Crippen LogP contribution in [-0.4, -0.2) is 35.7 Å². The maximum absolute atomic E-state index is 13.2. The Hall–Kier alpha value is -2.84. The topological polar surface area (TPSA) is 54.5 Å². The molecule has 0 saturated heterocycles. The molecule has 5 nitrogen and oxygen atoms in total. The lowest BCUT2D eigenvalue weighted by Gasteiger charge is -2.18. The highest BCUT2D eigenvalue weighted by molar-refractivity contribution is 5.73. The quantitative estimate of drug-likeness (QED) is 0.791. The Labute approximate surface area is 147 Å². The van der Waals surface area contributed by atoms with Gasteiger partial charge in [-0.1, -0.05) is 12.1 Å². The van der Waals surface area contributed by atoms with Gasteiger partial charge in [0.25, 0.3) is 0 Å². The zero-order chi connectivity index (χ0) is 19.2. The summed E-state index contributed by atoms with van der Waals surface area (Å²) in [5.41, 5.74) is 1.17. The number of pyridine rings is 1. The summed E-state index contributed by atoms with van der Waals surface area (Å²) in [6.07, 6.45) is -3.16. The van der Waals surface area contributed by atoms with Gasteiger partial charge in [0.1, 0.15) is 5.82 Å². The molecule has 0 spiro atoms. The molecule has 0 atom stereocenters. The van der Waals surface area contributed by atoms with Crippen molar-refractivity contribution in [3.8, 4) is 5.88 Å². The Kier molecular flexibility index (Phi) is 6.37. The van der Waals surface area contributed by atoms with Crippen LogP contribution in [-0.2, 0) is 13.1 Å². The number of alkyl halides is 3. The molecule has 2 amide bonds. The normalized spacial score (nSPS) is 11.1. The van der Waals surface area contributed by atoms with Crippen molar-refractivity contribution in [1.82, 2.24) is 15.2 Å². The number of benzene rings is 1. The summed E-state index contributed by atoms with van der Waals surface area (Å²) in [4.78, 5) is 17.1. The minimum absolute atomic E-state index is 0.0806. The van der Waals surface area contributed by atoms with Gasteiger partial charge in [-0.25, -0.2) is 14.2 Å². The van der Waals surface area contributed by atoms with E-state index in [9.17, 15) is 22.4 Å². The number of hydrogen-bond donors (Lipinski definition) is 1. The fourth-order valence-electron chi connectivity index (χ4n) is 2.09. The largest absolute Gasteiger partial charge is 0.468 e.